The summed E-state index contributed by atoms with van der Waals surface area (Å²) in [7, 11) is 1.93. The van der Waals surface area contributed by atoms with E-state index in [0.717, 1.165) is 17.1 Å². The van der Waals surface area contributed by atoms with E-state index in [0.29, 0.717) is 6.10 Å². The topological polar surface area (TPSA) is 34.4 Å². The molecule has 2 aromatic rings. The van der Waals surface area contributed by atoms with E-state index < -0.39 is 0 Å². The van der Waals surface area contributed by atoms with Crippen LogP contribution in [0.25, 0.3) is 0 Å². The maximum absolute atomic E-state index is 5.82. The molecule has 3 nitrogen and oxygen atoms in total. The predicted octanol–water partition coefficient (Wildman–Crippen LogP) is 3.13. The highest BCUT2D eigenvalue weighted by Gasteiger charge is 2.24. The van der Waals surface area contributed by atoms with Gasteiger partial charge in [-0.25, -0.2) is 0 Å². The Bertz CT molecular complexity index is 503. The Hall–Kier alpha value is -1.74. The van der Waals surface area contributed by atoms with Crippen LogP contribution in [0.5, 0.6) is 5.75 Å². The minimum absolute atomic E-state index is 0.0720. The second kappa shape index (κ2) is 4.86. The van der Waals surface area contributed by atoms with E-state index in [4.69, 9.17) is 9.15 Å². The average Bonchev–Trinajstić information content (AvgIpc) is 3.04. The van der Waals surface area contributed by atoms with Crippen LogP contribution in [0.3, 0.4) is 0 Å². The molecule has 1 heterocycles. The first-order valence-corrected chi connectivity index (χ1v) is 6.34. The Labute approximate surface area is 107 Å². The number of benzene rings is 1. The van der Waals surface area contributed by atoms with Gasteiger partial charge < -0.3 is 14.5 Å². The predicted molar refractivity (Wildman–Crippen MR) is 69.7 cm³/mol. The van der Waals surface area contributed by atoms with Gasteiger partial charge in [0.15, 0.2) is 0 Å². The van der Waals surface area contributed by atoms with Crippen LogP contribution < -0.4 is 10.1 Å². The Balaban J connectivity index is 1.84. The van der Waals surface area contributed by atoms with Gasteiger partial charge in [0.2, 0.25) is 0 Å². The lowest BCUT2D eigenvalue weighted by atomic mass is 10.0. The second-order valence-electron chi connectivity index (χ2n) is 4.63. The molecule has 1 unspecified atom stereocenters. The lowest BCUT2D eigenvalue weighted by Gasteiger charge is -2.15. The van der Waals surface area contributed by atoms with Crippen molar-refractivity contribution in [2.24, 2.45) is 0 Å². The fraction of sp³-hybridized carbons (Fsp3) is 0.333. The highest BCUT2D eigenvalue weighted by molar-refractivity contribution is 5.34. The number of hydrogen-bond donors (Lipinski definition) is 1. The third-order valence-corrected chi connectivity index (χ3v) is 3.13. The normalized spacial score (nSPS) is 16.5. The van der Waals surface area contributed by atoms with Crippen molar-refractivity contribution >= 4 is 0 Å². The van der Waals surface area contributed by atoms with Crippen LogP contribution in [0.2, 0.25) is 0 Å². The first kappa shape index (κ1) is 11.4. The van der Waals surface area contributed by atoms with Gasteiger partial charge in [-0.2, -0.15) is 0 Å². The molecule has 1 saturated carbocycles. The SMILES string of the molecule is CNC(c1cccc(OC2CC2)c1)c1ccco1. The van der Waals surface area contributed by atoms with Gasteiger partial charge in [0, 0.05) is 0 Å². The van der Waals surface area contributed by atoms with E-state index in [2.05, 4.69) is 17.4 Å². The first-order chi connectivity index (χ1) is 8.86. The molecule has 1 aromatic heterocycles. The third-order valence-electron chi connectivity index (χ3n) is 3.13. The minimum atomic E-state index is 0.0720. The van der Waals surface area contributed by atoms with Crippen LogP contribution in [-0.2, 0) is 0 Å². The lowest BCUT2D eigenvalue weighted by Crippen LogP contribution is -2.17. The number of nitrogens with one attached hydrogen (secondary N) is 1. The third kappa shape index (κ3) is 2.41. The average molecular weight is 243 g/mol. The number of hydrogen-bond acceptors (Lipinski definition) is 3. The van der Waals surface area contributed by atoms with E-state index in [1.807, 2.05) is 31.3 Å². The highest BCUT2D eigenvalue weighted by Crippen LogP contribution is 2.29. The van der Waals surface area contributed by atoms with Crippen molar-refractivity contribution < 1.29 is 9.15 Å². The van der Waals surface area contributed by atoms with Gasteiger partial charge in [-0.15, -0.1) is 0 Å². The molecular weight excluding hydrogens is 226 g/mol. The standard InChI is InChI=1S/C15H17NO2/c1-16-15(14-6-3-9-17-14)11-4-2-5-13(10-11)18-12-7-8-12/h2-6,9-10,12,15-16H,7-8H2,1H3. The Morgan fingerprint density at radius 1 is 1.28 bits per heavy atom. The Morgan fingerprint density at radius 2 is 2.17 bits per heavy atom. The first-order valence-electron chi connectivity index (χ1n) is 6.34. The smallest absolute Gasteiger partial charge is 0.125 e. The molecule has 1 aliphatic rings. The van der Waals surface area contributed by atoms with Crippen molar-refractivity contribution in [1.29, 1.82) is 0 Å². The van der Waals surface area contributed by atoms with Crippen molar-refractivity contribution in [2.45, 2.75) is 25.0 Å². The molecule has 1 aromatic carbocycles. The van der Waals surface area contributed by atoms with Crippen LogP contribution in [0.1, 0.15) is 30.2 Å². The summed E-state index contributed by atoms with van der Waals surface area (Å²) in [6, 6.07) is 12.2. The van der Waals surface area contributed by atoms with Gasteiger partial charge in [0.25, 0.3) is 0 Å². The van der Waals surface area contributed by atoms with Gasteiger partial charge >= 0.3 is 0 Å². The summed E-state index contributed by atoms with van der Waals surface area (Å²) >= 11 is 0. The molecule has 0 bridgehead atoms. The van der Waals surface area contributed by atoms with Crippen LogP contribution in [0.4, 0.5) is 0 Å². The van der Waals surface area contributed by atoms with Gasteiger partial charge in [-0.1, -0.05) is 12.1 Å². The van der Waals surface area contributed by atoms with Gasteiger partial charge in [-0.3, -0.25) is 0 Å². The molecule has 3 heteroatoms. The van der Waals surface area contributed by atoms with E-state index >= 15 is 0 Å². The van der Waals surface area contributed by atoms with Crippen LogP contribution in [-0.4, -0.2) is 13.2 Å². The molecule has 94 valence electrons. The summed E-state index contributed by atoms with van der Waals surface area (Å²) in [5.74, 6) is 1.86. The molecule has 0 spiro atoms. The maximum Gasteiger partial charge on any atom is 0.125 e. The van der Waals surface area contributed by atoms with Crippen molar-refractivity contribution in [1.82, 2.24) is 5.32 Å². The number of ether oxygens (including phenoxy) is 1. The molecule has 1 N–H and O–H groups in total. The summed E-state index contributed by atoms with van der Waals surface area (Å²) in [6.07, 6.45) is 4.48. The van der Waals surface area contributed by atoms with E-state index in [-0.39, 0.29) is 6.04 Å². The molecule has 1 fully saturated rings. The molecule has 0 saturated heterocycles. The molecule has 0 amide bonds. The summed E-state index contributed by atoms with van der Waals surface area (Å²) in [5, 5.41) is 3.27. The fourth-order valence-electron chi connectivity index (χ4n) is 2.07. The number of furan rings is 1. The van der Waals surface area contributed by atoms with Crippen molar-refractivity contribution in [3.63, 3.8) is 0 Å². The van der Waals surface area contributed by atoms with Crippen molar-refractivity contribution in [2.75, 3.05) is 7.05 Å². The van der Waals surface area contributed by atoms with Gasteiger partial charge in [0.1, 0.15) is 11.5 Å². The summed E-state index contributed by atoms with van der Waals surface area (Å²) < 4.78 is 11.3. The summed E-state index contributed by atoms with van der Waals surface area (Å²) in [5.41, 5.74) is 1.16. The molecule has 1 aliphatic carbocycles. The molecule has 18 heavy (non-hydrogen) atoms. The summed E-state index contributed by atoms with van der Waals surface area (Å²) in [6.45, 7) is 0. The quantitative estimate of drug-likeness (QED) is 0.876. The van der Waals surface area contributed by atoms with Gasteiger partial charge in [0.05, 0.1) is 18.4 Å². The molecule has 1 atom stereocenters. The highest BCUT2D eigenvalue weighted by atomic mass is 16.5. The van der Waals surface area contributed by atoms with Crippen molar-refractivity contribution in [3.05, 3.63) is 54.0 Å². The van der Waals surface area contributed by atoms with Crippen LogP contribution >= 0.6 is 0 Å². The zero-order chi connectivity index (χ0) is 12.4. The van der Waals surface area contributed by atoms with E-state index in [9.17, 15) is 0 Å². The Morgan fingerprint density at radius 3 is 2.83 bits per heavy atom. The van der Waals surface area contributed by atoms with Crippen molar-refractivity contribution in [3.8, 4) is 5.75 Å². The second-order valence-corrected chi connectivity index (χ2v) is 4.63. The Kier molecular flexibility index (Phi) is 3.07. The van der Waals surface area contributed by atoms with Crippen LogP contribution in [0, 0.1) is 0 Å². The zero-order valence-electron chi connectivity index (χ0n) is 10.4. The zero-order valence-corrected chi connectivity index (χ0v) is 10.4. The van der Waals surface area contributed by atoms with E-state index in [1.54, 1.807) is 6.26 Å². The molecule has 0 aliphatic heterocycles. The van der Waals surface area contributed by atoms with Gasteiger partial charge in [-0.05, 0) is 49.7 Å². The summed E-state index contributed by atoms with van der Waals surface area (Å²) in [4.78, 5) is 0. The van der Waals surface area contributed by atoms with E-state index in [1.165, 1.54) is 12.8 Å². The molecule has 3 rings (SSSR count). The lowest BCUT2D eigenvalue weighted by molar-refractivity contribution is 0.302. The largest absolute Gasteiger partial charge is 0.490 e. The van der Waals surface area contributed by atoms with Crippen LogP contribution in [0.15, 0.2) is 47.1 Å². The monoisotopic (exact) mass is 243 g/mol. The molecular formula is C15H17NO2. The molecule has 0 radical (unpaired) electrons. The number of rotatable bonds is 5. The fourth-order valence-corrected chi connectivity index (χ4v) is 2.07. The maximum atomic E-state index is 5.82. The minimum Gasteiger partial charge on any atom is -0.490 e.